The maximum atomic E-state index is 10.6. The molecule has 1 aromatic carbocycles. The minimum atomic E-state index is -0.908. The zero-order valence-electron chi connectivity index (χ0n) is 10.0. The number of hydrogen-bond acceptors (Lipinski definition) is 1. The van der Waals surface area contributed by atoms with E-state index in [2.05, 4.69) is 16.8 Å². The summed E-state index contributed by atoms with van der Waals surface area (Å²) in [7, 11) is 0. The summed E-state index contributed by atoms with van der Waals surface area (Å²) >= 11 is 0. The van der Waals surface area contributed by atoms with Gasteiger partial charge in [-0.15, -0.1) is 0 Å². The normalized spacial score (nSPS) is 15.6. The van der Waals surface area contributed by atoms with Crippen LogP contribution in [-0.2, 0) is 11.3 Å². The van der Waals surface area contributed by atoms with E-state index in [4.69, 9.17) is 5.11 Å². The summed E-state index contributed by atoms with van der Waals surface area (Å²) in [4.78, 5) is 10.6. The third-order valence-electron chi connectivity index (χ3n) is 3.38. The molecule has 0 amide bonds. The molecule has 0 aliphatic heterocycles. The van der Waals surface area contributed by atoms with Crippen molar-refractivity contribution in [3.05, 3.63) is 42.1 Å². The molecule has 3 rings (SSSR count). The predicted octanol–water partition coefficient (Wildman–Crippen LogP) is 3.15. The largest absolute Gasteiger partial charge is 0.478 e. The van der Waals surface area contributed by atoms with Crippen LogP contribution in [0.25, 0.3) is 17.0 Å². The first-order valence-electron chi connectivity index (χ1n) is 6.23. The van der Waals surface area contributed by atoms with Crippen LogP contribution in [0.2, 0.25) is 0 Å². The average molecular weight is 241 g/mol. The number of fused-ring (bicyclic) bond motifs is 1. The number of aromatic nitrogens is 1. The van der Waals surface area contributed by atoms with Crippen LogP contribution in [0.5, 0.6) is 0 Å². The molecule has 1 fully saturated rings. The van der Waals surface area contributed by atoms with Gasteiger partial charge in [0.05, 0.1) is 0 Å². The molecule has 3 nitrogen and oxygen atoms in total. The fourth-order valence-corrected chi connectivity index (χ4v) is 2.30. The number of hydrogen-bond donors (Lipinski definition) is 1. The lowest BCUT2D eigenvalue weighted by atomic mass is 10.1. The van der Waals surface area contributed by atoms with Crippen molar-refractivity contribution in [2.45, 2.75) is 19.4 Å². The quantitative estimate of drug-likeness (QED) is 0.835. The van der Waals surface area contributed by atoms with Gasteiger partial charge in [-0.05, 0) is 30.9 Å². The zero-order valence-corrected chi connectivity index (χ0v) is 10.0. The van der Waals surface area contributed by atoms with E-state index >= 15 is 0 Å². The van der Waals surface area contributed by atoms with Crippen molar-refractivity contribution < 1.29 is 9.90 Å². The van der Waals surface area contributed by atoms with Gasteiger partial charge in [0, 0.05) is 35.3 Å². The highest BCUT2D eigenvalue weighted by Crippen LogP contribution is 2.33. The van der Waals surface area contributed by atoms with Crippen molar-refractivity contribution in [2.75, 3.05) is 0 Å². The molecule has 92 valence electrons. The lowest BCUT2D eigenvalue weighted by molar-refractivity contribution is -0.131. The Bertz CT molecular complexity index is 620. The lowest BCUT2D eigenvalue weighted by Crippen LogP contribution is -1.96. The van der Waals surface area contributed by atoms with Gasteiger partial charge in [0.1, 0.15) is 0 Å². The van der Waals surface area contributed by atoms with Crippen LogP contribution >= 0.6 is 0 Å². The molecule has 1 aliphatic carbocycles. The summed E-state index contributed by atoms with van der Waals surface area (Å²) in [6.07, 6.45) is 7.55. The summed E-state index contributed by atoms with van der Waals surface area (Å²) in [5.41, 5.74) is 2.17. The van der Waals surface area contributed by atoms with Crippen molar-refractivity contribution in [3.63, 3.8) is 0 Å². The maximum Gasteiger partial charge on any atom is 0.328 e. The van der Waals surface area contributed by atoms with Gasteiger partial charge < -0.3 is 9.67 Å². The molecule has 1 saturated carbocycles. The summed E-state index contributed by atoms with van der Waals surface area (Å²) in [5.74, 6) is -0.105. The SMILES string of the molecule is O=C(O)C=Cc1cn(CC2CC2)c2ccccc12. The molecule has 2 aromatic rings. The summed E-state index contributed by atoms with van der Waals surface area (Å²) in [6, 6.07) is 8.15. The third-order valence-corrected chi connectivity index (χ3v) is 3.38. The van der Waals surface area contributed by atoms with Gasteiger partial charge in [0.2, 0.25) is 0 Å². The van der Waals surface area contributed by atoms with Gasteiger partial charge in [-0.25, -0.2) is 4.79 Å². The lowest BCUT2D eigenvalue weighted by Gasteiger charge is -2.02. The van der Waals surface area contributed by atoms with E-state index in [9.17, 15) is 4.79 Å². The molecule has 1 N–H and O–H groups in total. The highest BCUT2D eigenvalue weighted by Gasteiger charge is 2.22. The highest BCUT2D eigenvalue weighted by atomic mass is 16.4. The Kier molecular flexibility index (Phi) is 2.67. The van der Waals surface area contributed by atoms with Crippen LogP contribution in [-0.4, -0.2) is 15.6 Å². The molecule has 0 atom stereocenters. The van der Waals surface area contributed by atoms with E-state index in [1.165, 1.54) is 24.4 Å². The standard InChI is InChI=1S/C15H15NO2/c17-15(18)8-7-12-10-16(9-11-5-6-11)14-4-2-1-3-13(12)14/h1-4,7-8,10-11H,5-6,9H2,(H,17,18). The van der Waals surface area contributed by atoms with Crippen LogP contribution in [0.15, 0.2) is 36.5 Å². The summed E-state index contributed by atoms with van der Waals surface area (Å²) in [6.45, 7) is 1.04. The summed E-state index contributed by atoms with van der Waals surface area (Å²) in [5, 5.41) is 9.84. The van der Waals surface area contributed by atoms with E-state index in [1.807, 2.05) is 18.2 Å². The van der Waals surface area contributed by atoms with Gasteiger partial charge in [-0.1, -0.05) is 18.2 Å². The van der Waals surface area contributed by atoms with Crippen LogP contribution < -0.4 is 0 Å². The minimum Gasteiger partial charge on any atom is -0.478 e. The third kappa shape index (κ3) is 2.16. The smallest absolute Gasteiger partial charge is 0.328 e. The Morgan fingerprint density at radius 2 is 2.17 bits per heavy atom. The zero-order chi connectivity index (χ0) is 12.5. The maximum absolute atomic E-state index is 10.6. The molecule has 3 heteroatoms. The number of aliphatic carboxylic acids is 1. The van der Waals surface area contributed by atoms with E-state index in [1.54, 1.807) is 6.08 Å². The number of para-hydroxylation sites is 1. The molecule has 1 aliphatic rings. The topological polar surface area (TPSA) is 42.2 Å². The van der Waals surface area contributed by atoms with Gasteiger partial charge in [0.15, 0.2) is 0 Å². The fourth-order valence-electron chi connectivity index (χ4n) is 2.30. The van der Waals surface area contributed by atoms with Crippen LogP contribution in [0.3, 0.4) is 0 Å². The average Bonchev–Trinajstić information content (AvgIpc) is 3.10. The highest BCUT2D eigenvalue weighted by molar-refractivity contribution is 5.93. The Morgan fingerprint density at radius 1 is 1.39 bits per heavy atom. The molecule has 1 aromatic heterocycles. The number of benzene rings is 1. The second-order valence-electron chi connectivity index (χ2n) is 4.87. The molecule has 1 heterocycles. The molecule has 0 radical (unpaired) electrons. The Morgan fingerprint density at radius 3 is 2.89 bits per heavy atom. The van der Waals surface area contributed by atoms with E-state index in [-0.39, 0.29) is 0 Å². The first-order valence-corrected chi connectivity index (χ1v) is 6.23. The first kappa shape index (κ1) is 11.1. The van der Waals surface area contributed by atoms with E-state index in [0.717, 1.165) is 23.4 Å². The van der Waals surface area contributed by atoms with Crippen molar-refractivity contribution in [3.8, 4) is 0 Å². The van der Waals surface area contributed by atoms with Gasteiger partial charge in [-0.2, -0.15) is 0 Å². The van der Waals surface area contributed by atoms with Crippen molar-refractivity contribution in [2.24, 2.45) is 5.92 Å². The fraction of sp³-hybridized carbons (Fsp3) is 0.267. The molecular weight excluding hydrogens is 226 g/mol. The Hall–Kier alpha value is -2.03. The van der Waals surface area contributed by atoms with Gasteiger partial charge in [-0.3, -0.25) is 0 Å². The Labute approximate surface area is 105 Å². The molecule has 0 unspecified atom stereocenters. The number of carboxylic acids is 1. The minimum absolute atomic E-state index is 0.803. The van der Waals surface area contributed by atoms with E-state index < -0.39 is 5.97 Å². The number of nitrogens with zero attached hydrogens (tertiary/aromatic N) is 1. The molecule has 18 heavy (non-hydrogen) atoms. The van der Waals surface area contributed by atoms with Crippen molar-refractivity contribution >= 4 is 22.9 Å². The molecule has 0 saturated heterocycles. The molecule has 0 bridgehead atoms. The predicted molar refractivity (Wildman–Crippen MR) is 71.3 cm³/mol. The second-order valence-corrected chi connectivity index (χ2v) is 4.87. The van der Waals surface area contributed by atoms with Crippen LogP contribution in [0.4, 0.5) is 0 Å². The van der Waals surface area contributed by atoms with Gasteiger partial charge >= 0.3 is 5.97 Å². The summed E-state index contributed by atoms with van der Waals surface area (Å²) < 4.78 is 2.24. The van der Waals surface area contributed by atoms with Crippen molar-refractivity contribution in [1.29, 1.82) is 0 Å². The van der Waals surface area contributed by atoms with Gasteiger partial charge in [0.25, 0.3) is 0 Å². The number of carbonyl (C=O) groups is 1. The van der Waals surface area contributed by atoms with Crippen LogP contribution in [0.1, 0.15) is 18.4 Å². The van der Waals surface area contributed by atoms with E-state index in [0.29, 0.717) is 0 Å². The monoisotopic (exact) mass is 241 g/mol. The molecular formula is C15H15NO2. The van der Waals surface area contributed by atoms with Crippen LogP contribution in [0, 0.1) is 5.92 Å². The first-order chi connectivity index (χ1) is 8.74. The second kappa shape index (κ2) is 4.33. The number of rotatable bonds is 4. The molecule has 0 spiro atoms. The van der Waals surface area contributed by atoms with Crippen molar-refractivity contribution in [1.82, 2.24) is 4.57 Å². The number of carboxylic acid groups (broad SMARTS) is 1. The Balaban J connectivity index is 2.04.